The number of phenolic OH excluding ortho intramolecular Hbond substituents is 1. The van der Waals surface area contributed by atoms with Gasteiger partial charge >= 0.3 is 11.9 Å². The molecule has 5 atom stereocenters. The van der Waals surface area contributed by atoms with Gasteiger partial charge in [0, 0.05) is 6.42 Å². The van der Waals surface area contributed by atoms with Crippen LogP contribution in [0.25, 0.3) is 0 Å². The molecule has 2 unspecified atom stereocenters. The van der Waals surface area contributed by atoms with Crippen molar-refractivity contribution in [3.63, 3.8) is 0 Å². The van der Waals surface area contributed by atoms with Gasteiger partial charge in [-0.15, -0.1) is 0 Å². The van der Waals surface area contributed by atoms with Crippen molar-refractivity contribution in [3.05, 3.63) is 23.8 Å². The van der Waals surface area contributed by atoms with E-state index < -0.39 is 42.6 Å². The van der Waals surface area contributed by atoms with Gasteiger partial charge in [-0.25, -0.2) is 4.79 Å². The van der Waals surface area contributed by atoms with E-state index in [2.05, 4.69) is 0 Å². The fourth-order valence-corrected chi connectivity index (χ4v) is 2.70. The van der Waals surface area contributed by atoms with Gasteiger partial charge < -0.3 is 40.1 Å². The zero-order chi connectivity index (χ0) is 20.1. The number of carboxylic acids is 2. The molecule has 0 aliphatic carbocycles. The van der Waals surface area contributed by atoms with Gasteiger partial charge in [0.25, 0.3) is 0 Å². The van der Waals surface area contributed by atoms with Crippen molar-refractivity contribution in [3.8, 4) is 11.5 Å². The number of rotatable bonds is 8. The molecule has 27 heavy (non-hydrogen) atoms. The van der Waals surface area contributed by atoms with Gasteiger partial charge in [-0.2, -0.15) is 0 Å². The third-order valence-corrected chi connectivity index (χ3v) is 4.19. The number of carbonyl (C=O) groups is 2. The van der Waals surface area contributed by atoms with E-state index in [9.17, 15) is 30.0 Å². The predicted molar refractivity (Wildman–Crippen MR) is 88.2 cm³/mol. The van der Waals surface area contributed by atoms with E-state index in [0.29, 0.717) is 19.3 Å². The molecule has 1 aromatic rings. The van der Waals surface area contributed by atoms with Crippen molar-refractivity contribution >= 4 is 11.9 Å². The van der Waals surface area contributed by atoms with Crippen molar-refractivity contribution in [2.75, 3.05) is 0 Å². The number of aromatic hydroxyl groups is 1. The smallest absolute Gasteiger partial charge is 0.335 e. The molecule has 0 amide bonds. The summed E-state index contributed by atoms with van der Waals surface area (Å²) in [5.74, 6) is -2.82. The number of hydrogen-bond donors (Lipinski definition) is 6. The van der Waals surface area contributed by atoms with Crippen molar-refractivity contribution in [2.24, 2.45) is 0 Å². The van der Waals surface area contributed by atoms with Crippen LogP contribution in [-0.4, -0.2) is 73.3 Å². The Morgan fingerprint density at radius 1 is 1.04 bits per heavy atom. The van der Waals surface area contributed by atoms with Crippen molar-refractivity contribution in [1.82, 2.24) is 0 Å². The lowest BCUT2D eigenvalue weighted by Crippen LogP contribution is -2.61. The first-order valence-corrected chi connectivity index (χ1v) is 8.33. The minimum atomic E-state index is -1.83. The monoisotopic (exact) mass is 386 g/mol. The van der Waals surface area contributed by atoms with Crippen molar-refractivity contribution < 1.29 is 49.7 Å². The van der Waals surface area contributed by atoms with Crippen LogP contribution in [0.2, 0.25) is 0 Å². The zero-order valence-corrected chi connectivity index (χ0v) is 14.3. The molecule has 1 heterocycles. The van der Waals surface area contributed by atoms with Crippen LogP contribution >= 0.6 is 0 Å². The second-order valence-electron chi connectivity index (χ2n) is 6.26. The molecule has 0 aromatic heterocycles. The number of hydrogen-bond acceptors (Lipinski definition) is 8. The largest absolute Gasteiger partial charge is 0.504 e. The summed E-state index contributed by atoms with van der Waals surface area (Å²) in [6, 6.07) is 4.39. The van der Waals surface area contributed by atoms with Crippen LogP contribution in [0.3, 0.4) is 0 Å². The first-order valence-electron chi connectivity index (χ1n) is 8.33. The van der Waals surface area contributed by atoms with Gasteiger partial charge in [0.1, 0.15) is 18.3 Å². The van der Waals surface area contributed by atoms with E-state index in [1.54, 1.807) is 6.07 Å². The van der Waals surface area contributed by atoms with Crippen LogP contribution in [0.4, 0.5) is 0 Å². The normalized spacial score (nSPS) is 27.9. The van der Waals surface area contributed by atoms with Crippen LogP contribution in [0.1, 0.15) is 24.8 Å². The third-order valence-electron chi connectivity index (χ3n) is 4.19. The number of benzene rings is 1. The second-order valence-corrected chi connectivity index (χ2v) is 6.26. The maximum absolute atomic E-state index is 11.1. The molecular weight excluding hydrogens is 364 g/mol. The predicted octanol–water partition coefficient (Wildman–Crippen LogP) is -0.539. The number of unbranched alkanes of at least 4 members (excludes halogenated alkanes) is 1. The Hall–Kier alpha value is -2.40. The Bertz CT molecular complexity index is 676. The van der Waals surface area contributed by atoms with Crippen molar-refractivity contribution in [1.29, 1.82) is 0 Å². The molecule has 150 valence electrons. The Morgan fingerprint density at radius 3 is 2.33 bits per heavy atom. The minimum Gasteiger partial charge on any atom is -0.504 e. The maximum atomic E-state index is 11.1. The lowest BCUT2D eigenvalue weighted by atomic mass is 9.99. The van der Waals surface area contributed by atoms with Gasteiger partial charge in [-0.3, -0.25) is 4.79 Å². The summed E-state index contributed by atoms with van der Waals surface area (Å²) in [5, 5.41) is 57.0. The van der Waals surface area contributed by atoms with Gasteiger partial charge in [0.2, 0.25) is 6.29 Å². The van der Waals surface area contributed by atoms with Gasteiger partial charge in [0.15, 0.2) is 17.6 Å². The Morgan fingerprint density at radius 2 is 1.74 bits per heavy atom. The van der Waals surface area contributed by atoms with Crippen LogP contribution in [0.5, 0.6) is 11.5 Å². The maximum Gasteiger partial charge on any atom is 0.335 e. The molecule has 0 radical (unpaired) electrons. The van der Waals surface area contributed by atoms with E-state index in [0.717, 1.165) is 5.56 Å². The zero-order valence-electron chi connectivity index (χ0n) is 14.3. The number of ether oxygens (including phenoxy) is 2. The third kappa shape index (κ3) is 5.30. The molecule has 1 fully saturated rings. The highest BCUT2D eigenvalue weighted by atomic mass is 16.7. The van der Waals surface area contributed by atoms with Crippen LogP contribution in [0.15, 0.2) is 18.2 Å². The SMILES string of the molecule is O=C(O)CCCCc1ccc(O[C@H]2O[C@@H](C(=O)O)C(O)[C@@H](O)C2O)c(O)c1. The topological polar surface area (TPSA) is 174 Å². The molecule has 10 nitrogen and oxygen atoms in total. The Balaban J connectivity index is 2.01. The second kappa shape index (κ2) is 9.00. The van der Waals surface area contributed by atoms with Crippen LogP contribution in [-0.2, 0) is 20.7 Å². The quantitative estimate of drug-likeness (QED) is 0.318. The summed E-state index contributed by atoms with van der Waals surface area (Å²) in [4.78, 5) is 21.5. The van der Waals surface area contributed by atoms with Crippen LogP contribution in [0, 0.1) is 0 Å². The standard InChI is InChI=1S/C17H22O10/c18-9-7-8(3-1-2-4-11(19)20)5-6-10(9)26-17-14(23)12(21)13(22)15(27-17)16(24)25/h5-7,12-15,17-18,21-23H,1-4H2,(H,19,20)(H,24,25)/t12-,13?,14?,15-,17+/m1/s1. The molecule has 2 rings (SSSR count). The number of aryl methyl sites for hydroxylation is 1. The molecule has 6 N–H and O–H groups in total. The van der Waals surface area contributed by atoms with E-state index in [4.69, 9.17) is 19.7 Å². The van der Waals surface area contributed by atoms with E-state index in [-0.39, 0.29) is 17.9 Å². The van der Waals surface area contributed by atoms with Gasteiger partial charge in [-0.05, 0) is 37.0 Å². The molecule has 1 aliphatic rings. The molecule has 1 saturated heterocycles. The average molecular weight is 386 g/mol. The summed E-state index contributed by atoms with van der Waals surface area (Å²) in [7, 11) is 0. The number of carboxylic acid groups (broad SMARTS) is 2. The first kappa shape index (κ1) is 20.9. The molecular formula is C17H22O10. The average Bonchev–Trinajstić information content (AvgIpc) is 2.60. The number of aliphatic carboxylic acids is 2. The fourth-order valence-electron chi connectivity index (χ4n) is 2.70. The number of aliphatic hydroxyl groups is 3. The summed E-state index contributed by atoms with van der Waals surface area (Å²) >= 11 is 0. The summed E-state index contributed by atoms with van der Waals surface area (Å²) in [6.07, 6.45) is -7.08. The number of phenols is 1. The van der Waals surface area contributed by atoms with E-state index in [1.807, 2.05) is 0 Å². The molecule has 1 aromatic carbocycles. The highest BCUT2D eigenvalue weighted by Gasteiger charge is 2.48. The summed E-state index contributed by atoms with van der Waals surface area (Å²) in [6.45, 7) is 0. The summed E-state index contributed by atoms with van der Waals surface area (Å²) < 4.78 is 10.3. The Labute approximate surface area is 154 Å². The molecule has 1 aliphatic heterocycles. The van der Waals surface area contributed by atoms with Crippen LogP contribution < -0.4 is 4.74 Å². The molecule has 0 saturated carbocycles. The molecule has 10 heteroatoms. The molecule has 0 bridgehead atoms. The highest BCUT2D eigenvalue weighted by Crippen LogP contribution is 2.31. The van der Waals surface area contributed by atoms with Crippen molar-refractivity contribution in [2.45, 2.75) is 56.4 Å². The number of aliphatic hydroxyl groups excluding tert-OH is 3. The first-order chi connectivity index (χ1) is 12.7. The lowest BCUT2D eigenvalue weighted by molar-refractivity contribution is -0.271. The lowest BCUT2D eigenvalue weighted by Gasteiger charge is -2.38. The minimum absolute atomic E-state index is 0.0585. The molecule has 0 spiro atoms. The Kier molecular flexibility index (Phi) is 6.97. The fraction of sp³-hybridized carbons (Fsp3) is 0.529. The highest BCUT2D eigenvalue weighted by molar-refractivity contribution is 5.73. The van der Waals surface area contributed by atoms with E-state index in [1.165, 1.54) is 12.1 Å². The van der Waals surface area contributed by atoms with Gasteiger partial charge in [-0.1, -0.05) is 6.07 Å². The summed E-state index contributed by atoms with van der Waals surface area (Å²) in [5.41, 5.74) is 0.731. The van der Waals surface area contributed by atoms with E-state index >= 15 is 0 Å². The van der Waals surface area contributed by atoms with Gasteiger partial charge in [0.05, 0.1) is 0 Å².